The molecule has 0 heterocycles. The van der Waals surface area contributed by atoms with Crippen molar-refractivity contribution in [1.29, 1.82) is 0 Å². The Bertz CT molecular complexity index is 30.5. The van der Waals surface area contributed by atoms with Crippen LogP contribution in [0.4, 0.5) is 0 Å². The number of hydrogen-bond donors (Lipinski definition) is 0. The third-order valence-electron chi connectivity index (χ3n) is 0. The zero-order valence-corrected chi connectivity index (χ0v) is 3.68. The van der Waals surface area contributed by atoms with Crippen LogP contribution in [-0.2, 0) is 17.1 Å². The van der Waals surface area contributed by atoms with Gasteiger partial charge in [-0.25, -0.2) is 0 Å². The van der Waals surface area contributed by atoms with Crippen LogP contribution in [0.5, 0.6) is 0 Å². The van der Waals surface area contributed by atoms with Crippen LogP contribution in [0.15, 0.2) is 0 Å². The predicted octanol–water partition coefficient (Wildman–Crippen LogP) is -0.418. The molecule has 0 saturated heterocycles. The Labute approximate surface area is 43.9 Å². The van der Waals surface area contributed by atoms with Gasteiger partial charge in [0, 0.05) is 0 Å². The van der Waals surface area contributed by atoms with Crippen LogP contribution in [0, 0.1) is 15.3 Å². The van der Waals surface area contributed by atoms with Crippen LogP contribution in [-0.4, -0.2) is 10.6 Å². The topological polar surface area (TPSA) is 96.2 Å². The first-order chi connectivity index (χ1) is 1.73. The van der Waals surface area contributed by atoms with Crippen molar-refractivity contribution in [2.24, 2.45) is 0 Å². The zero-order valence-electron chi connectivity index (χ0n) is 2.50. The van der Waals surface area contributed by atoms with Gasteiger partial charge < -0.3 is 20.8 Å². The Balaban J connectivity index is -0.0000000450. The summed E-state index contributed by atoms with van der Waals surface area (Å²) in [6.45, 7) is 0. The Morgan fingerprint density at radius 1 is 1.33 bits per heavy atom. The molecule has 0 aromatic rings. The zero-order chi connectivity index (χ0) is 3.58. The van der Waals surface area contributed by atoms with E-state index < -0.39 is 5.09 Å². The van der Waals surface area contributed by atoms with Gasteiger partial charge in [0.25, 0.3) is 0 Å². The molecule has 1 radical (unpaired) electrons. The summed E-state index contributed by atoms with van der Waals surface area (Å²) >= 11 is 0. The average molecular weight is 134 g/mol. The van der Waals surface area contributed by atoms with E-state index in [0.717, 1.165) is 0 Å². The van der Waals surface area contributed by atoms with Crippen molar-refractivity contribution in [3.8, 4) is 0 Å². The van der Waals surface area contributed by atoms with E-state index in [0.29, 0.717) is 0 Å². The van der Waals surface area contributed by atoms with Gasteiger partial charge in [0.05, 0.1) is 5.09 Å². The number of nitrogens with zero attached hydrogens (tertiary/aromatic N) is 1. The maximum atomic E-state index is 8.25. The van der Waals surface area contributed by atoms with Crippen molar-refractivity contribution >= 4 is 0 Å². The monoisotopic (exact) mass is 134 g/mol. The van der Waals surface area contributed by atoms with Crippen molar-refractivity contribution in [1.82, 2.24) is 0 Å². The van der Waals surface area contributed by atoms with Crippen LogP contribution in [0.2, 0.25) is 0 Å². The Morgan fingerprint density at radius 3 is 1.33 bits per heavy atom. The molecule has 0 rings (SSSR count). The number of hydrogen-bond acceptors (Lipinski definition) is 4. The van der Waals surface area contributed by atoms with E-state index in [2.05, 4.69) is 0 Å². The van der Waals surface area contributed by atoms with Gasteiger partial charge in [-0.15, -0.1) is 0 Å². The molecule has 0 saturated carbocycles. The van der Waals surface area contributed by atoms with Gasteiger partial charge in [0.2, 0.25) is 0 Å². The second-order valence-corrected chi connectivity index (χ2v) is 0.224. The first-order valence-electron chi connectivity index (χ1n) is 0.548. The van der Waals surface area contributed by atoms with Crippen LogP contribution < -0.4 is 0 Å². The summed E-state index contributed by atoms with van der Waals surface area (Å²) in [5, 5.41) is 14.8. The molecule has 5 nitrogen and oxygen atoms in total. The molecule has 6 heteroatoms. The standard InChI is InChI=1S/Mn.NO3.H2O/c;2-1(3)4;/h;;1H2/q+2;-1;/p-1. The van der Waals surface area contributed by atoms with Crippen molar-refractivity contribution < 1.29 is 27.6 Å². The molecule has 1 N–H and O–H groups in total. The first kappa shape index (κ1) is 17.3. The normalized spacial score (nSPS) is 4.00. The molecule has 0 unspecified atom stereocenters. The van der Waals surface area contributed by atoms with E-state index in [4.69, 9.17) is 15.3 Å². The van der Waals surface area contributed by atoms with Crippen LogP contribution in [0.25, 0.3) is 0 Å². The second-order valence-electron chi connectivity index (χ2n) is 0.224. The molecule has 0 aromatic heterocycles. The fourth-order valence-electron chi connectivity index (χ4n) is 0. The smallest absolute Gasteiger partial charge is 0.870 e. The van der Waals surface area contributed by atoms with E-state index in [9.17, 15) is 0 Å². The molecule has 0 bridgehead atoms. The van der Waals surface area contributed by atoms with E-state index in [-0.39, 0.29) is 22.5 Å². The average Bonchev–Trinajstić information content (AvgIpc) is 0.811. The molecule has 0 amide bonds. The van der Waals surface area contributed by atoms with Gasteiger partial charge >= 0.3 is 17.1 Å². The quantitative estimate of drug-likeness (QED) is 0.255. The molecule has 0 aliphatic rings. The summed E-state index contributed by atoms with van der Waals surface area (Å²) in [4.78, 5) is 8.25. The second kappa shape index (κ2) is 8.82. The van der Waals surface area contributed by atoms with Gasteiger partial charge in [-0.2, -0.15) is 0 Å². The predicted molar refractivity (Wildman–Crippen MR) is 12.3 cm³/mol. The van der Waals surface area contributed by atoms with Crippen molar-refractivity contribution in [3.63, 3.8) is 0 Å². The summed E-state index contributed by atoms with van der Waals surface area (Å²) in [5.41, 5.74) is 0. The largest absolute Gasteiger partial charge is 2.00 e. The molecule has 0 fully saturated rings. The molecule has 0 spiro atoms. The van der Waals surface area contributed by atoms with Crippen LogP contribution in [0.3, 0.4) is 0 Å². The van der Waals surface area contributed by atoms with Gasteiger partial charge in [-0.05, 0) is 0 Å². The minimum absolute atomic E-state index is 0. The summed E-state index contributed by atoms with van der Waals surface area (Å²) in [5.74, 6) is 0. The third-order valence-corrected chi connectivity index (χ3v) is 0. The fourth-order valence-corrected chi connectivity index (χ4v) is 0. The SMILES string of the molecule is O=[N+]([O-])[O-].[Mn+2].[OH-]. The van der Waals surface area contributed by atoms with Gasteiger partial charge in [-0.3, -0.25) is 0 Å². The minimum Gasteiger partial charge on any atom is -0.870 e. The van der Waals surface area contributed by atoms with Gasteiger partial charge in [0.15, 0.2) is 0 Å². The maximum Gasteiger partial charge on any atom is 2.00 e. The molecular weight excluding hydrogens is 133 g/mol. The molecule has 0 atom stereocenters. The molecule has 0 aliphatic carbocycles. The minimum atomic E-state index is -1.75. The summed E-state index contributed by atoms with van der Waals surface area (Å²) < 4.78 is 0. The maximum absolute atomic E-state index is 8.25. The molecule has 0 aliphatic heterocycles. The van der Waals surface area contributed by atoms with Crippen LogP contribution >= 0.6 is 0 Å². The first-order valence-corrected chi connectivity index (χ1v) is 0.548. The molecule has 0 aromatic carbocycles. The third kappa shape index (κ3) is 257. The molecular formula is HMnNO4. The van der Waals surface area contributed by atoms with E-state index in [1.54, 1.807) is 0 Å². The van der Waals surface area contributed by atoms with Crippen molar-refractivity contribution in [2.75, 3.05) is 0 Å². The summed E-state index contributed by atoms with van der Waals surface area (Å²) in [6, 6.07) is 0. The van der Waals surface area contributed by atoms with Crippen molar-refractivity contribution in [3.05, 3.63) is 15.3 Å². The van der Waals surface area contributed by atoms with E-state index >= 15 is 0 Å². The Kier molecular flexibility index (Phi) is 25.5. The fraction of sp³-hybridized carbons (Fsp3) is 0. The Morgan fingerprint density at radius 2 is 1.33 bits per heavy atom. The molecule has 6 heavy (non-hydrogen) atoms. The summed E-state index contributed by atoms with van der Waals surface area (Å²) in [6.07, 6.45) is 0. The molecule has 37 valence electrons. The van der Waals surface area contributed by atoms with Gasteiger partial charge in [0.1, 0.15) is 0 Å². The number of rotatable bonds is 0. The van der Waals surface area contributed by atoms with E-state index in [1.807, 2.05) is 0 Å². The van der Waals surface area contributed by atoms with Crippen LogP contribution in [0.1, 0.15) is 0 Å². The van der Waals surface area contributed by atoms with E-state index in [1.165, 1.54) is 0 Å². The van der Waals surface area contributed by atoms with Gasteiger partial charge in [-0.1, -0.05) is 0 Å². The Hall–Kier alpha value is -0.321. The van der Waals surface area contributed by atoms with Crippen molar-refractivity contribution in [2.45, 2.75) is 0 Å². The summed E-state index contributed by atoms with van der Waals surface area (Å²) in [7, 11) is 0.